The van der Waals surface area contributed by atoms with Gasteiger partial charge in [-0.3, -0.25) is 4.79 Å². The van der Waals surface area contributed by atoms with Crippen LogP contribution in [0.1, 0.15) is 30.1 Å². The Balaban J connectivity index is 1.83. The van der Waals surface area contributed by atoms with Crippen LogP contribution in [0.5, 0.6) is 0 Å². The third-order valence-electron chi connectivity index (χ3n) is 3.01. The van der Waals surface area contributed by atoms with Gasteiger partial charge >= 0.3 is 0 Å². The van der Waals surface area contributed by atoms with Crippen LogP contribution in [0.4, 0.5) is 0 Å². The molecule has 0 radical (unpaired) electrons. The van der Waals surface area contributed by atoms with Crippen molar-refractivity contribution < 1.29 is 9.53 Å². The van der Waals surface area contributed by atoms with Gasteiger partial charge in [-0.1, -0.05) is 31.5 Å². The number of hydrogen-bond donors (Lipinski definition) is 2. The number of para-hydroxylation sites is 1. The molecule has 2 N–H and O–H groups in total. The Morgan fingerprint density at radius 1 is 1.32 bits per heavy atom. The van der Waals surface area contributed by atoms with E-state index >= 15 is 0 Å². The van der Waals surface area contributed by atoms with E-state index in [0.29, 0.717) is 18.7 Å². The Bertz CT molecular complexity index is 534. The van der Waals surface area contributed by atoms with Gasteiger partial charge in [-0.05, 0) is 12.5 Å². The minimum atomic E-state index is -0.0588. The van der Waals surface area contributed by atoms with Gasteiger partial charge in [0.2, 0.25) is 0 Å². The molecular formula is C15H20N2O2. The Hall–Kier alpha value is -1.81. The zero-order chi connectivity index (χ0) is 13.5. The van der Waals surface area contributed by atoms with Gasteiger partial charge in [0.25, 0.3) is 5.91 Å². The van der Waals surface area contributed by atoms with Crippen LogP contribution in [0, 0.1) is 0 Å². The lowest BCUT2D eigenvalue weighted by Gasteiger charge is -2.05. The summed E-state index contributed by atoms with van der Waals surface area (Å²) in [5.41, 5.74) is 1.66. The lowest BCUT2D eigenvalue weighted by molar-refractivity contribution is 0.0914. The third-order valence-corrected chi connectivity index (χ3v) is 3.01. The van der Waals surface area contributed by atoms with Crippen molar-refractivity contribution in [3.63, 3.8) is 0 Å². The highest BCUT2D eigenvalue weighted by atomic mass is 16.5. The Kier molecular flexibility index (Phi) is 4.98. The molecule has 1 aromatic heterocycles. The zero-order valence-corrected chi connectivity index (χ0v) is 11.2. The number of carbonyl (C=O) groups is 1. The highest BCUT2D eigenvalue weighted by molar-refractivity contribution is 6.06. The topological polar surface area (TPSA) is 54.1 Å². The predicted octanol–water partition coefficient (Wildman–Crippen LogP) is 2.71. The third kappa shape index (κ3) is 3.58. The summed E-state index contributed by atoms with van der Waals surface area (Å²) in [5.74, 6) is -0.0588. The first-order chi connectivity index (χ1) is 9.33. The minimum Gasteiger partial charge on any atom is -0.380 e. The number of aromatic nitrogens is 1. The Morgan fingerprint density at radius 2 is 2.16 bits per heavy atom. The molecule has 19 heavy (non-hydrogen) atoms. The second-order valence-electron chi connectivity index (χ2n) is 4.47. The van der Waals surface area contributed by atoms with Gasteiger partial charge in [0.05, 0.1) is 12.2 Å². The maximum atomic E-state index is 12.0. The fourth-order valence-corrected chi connectivity index (χ4v) is 1.94. The first-order valence-corrected chi connectivity index (χ1v) is 6.75. The summed E-state index contributed by atoms with van der Waals surface area (Å²) >= 11 is 0. The summed E-state index contributed by atoms with van der Waals surface area (Å²) in [6, 6.07) is 7.78. The van der Waals surface area contributed by atoms with Crippen molar-refractivity contribution in [3.05, 3.63) is 36.0 Å². The summed E-state index contributed by atoms with van der Waals surface area (Å²) in [7, 11) is 0. The zero-order valence-electron chi connectivity index (χ0n) is 11.2. The summed E-state index contributed by atoms with van der Waals surface area (Å²) in [6.45, 7) is 4.00. The number of carbonyl (C=O) groups excluding carboxylic acids is 1. The van der Waals surface area contributed by atoms with Crippen molar-refractivity contribution in [2.24, 2.45) is 0 Å². The van der Waals surface area contributed by atoms with Crippen LogP contribution in [0.2, 0.25) is 0 Å². The fourth-order valence-electron chi connectivity index (χ4n) is 1.94. The van der Waals surface area contributed by atoms with Gasteiger partial charge in [0.15, 0.2) is 0 Å². The summed E-state index contributed by atoms with van der Waals surface area (Å²) < 4.78 is 5.41. The van der Waals surface area contributed by atoms with Crippen molar-refractivity contribution in [1.82, 2.24) is 10.3 Å². The number of amides is 1. The molecule has 4 nitrogen and oxygen atoms in total. The van der Waals surface area contributed by atoms with Crippen molar-refractivity contribution in [3.8, 4) is 0 Å². The molecule has 0 bridgehead atoms. The van der Waals surface area contributed by atoms with E-state index in [2.05, 4.69) is 17.2 Å². The largest absolute Gasteiger partial charge is 0.380 e. The van der Waals surface area contributed by atoms with E-state index in [0.717, 1.165) is 30.4 Å². The molecule has 0 aliphatic heterocycles. The molecule has 0 aliphatic carbocycles. The SMILES string of the molecule is CCCCOCCNC(=O)c1c[nH]c2ccccc12. The van der Waals surface area contributed by atoms with Gasteiger partial charge in [-0.25, -0.2) is 0 Å². The van der Waals surface area contributed by atoms with Crippen LogP contribution in [-0.2, 0) is 4.74 Å². The van der Waals surface area contributed by atoms with Gasteiger partial charge in [0.1, 0.15) is 0 Å². The number of ether oxygens (including phenoxy) is 1. The van der Waals surface area contributed by atoms with E-state index in [1.165, 1.54) is 0 Å². The molecule has 0 atom stereocenters. The smallest absolute Gasteiger partial charge is 0.253 e. The molecule has 1 amide bonds. The van der Waals surface area contributed by atoms with Gasteiger partial charge in [0, 0.05) is 30.3 Å². The number of H-pyrrole nitrogens is 1. The predicted molar refractivity (Wildman–Crippen MR) is 76.4 cm³/mol. The monoisotopic (exact) mass is 260 g/mol. The molecule has 0 aliphatic rings. The van der Waals surface area contributed by atoms with Crippen molar-refractivity contribution in [2.75, 3.05) is 19.8 Å². The van der Waals surface area contributed by atoms with Crippen molar-refractivity contribution >= 4 is 16.8 Å². The Morgan fingerprint density at radius 3 is 3.00 bits per heavy atom. The molecule has 0 fully saturated rings. The normalized spacial score (nSPS) is 10.8. The number of nitrogens with one attached hydrogen (secondary N) is 2. The van der Waals surface area contributed by atoms with Crippen LogP contribution in [0.3, 0.4) is 0 Å². The van der Waals surface area contributed by atoms with E-state index in [1.54, 1.807) is 6.20 Å². The van der Waals surface area contributed by atoms with Crippen LogP contribution >= 0.6 is 0 Å². The Labute approximate surface area is 113 Å². The molecule has 2 aromatic rings. The van der Waals surface area contributed by atoms with E-state index in [9.17, 15) is 4.79 Å². The second kappa shape index (κ2) is 6.95. The number of fused-ring (bicyclic) bond motifs is 1. The molecule has 0 unspecified atom stereocenters. The number of rotatable bonds is 7. The molecule has 4 heteroatoms. The van der Waals surface area contributed by atoms with Crippen molar-refractivity contribution in [1.29, 1.82) is 0 Å². The summed E-state index contributed by atoms with van der Waals surface area (Å²) in [4.78, 5) is 15.1. The molecule has 2 rings (SSSR count). The van der Waals surface area contributed by atoms with Gasteiger partial charge in [-0.2, -0.15) is 0 Å². The lowest BCUT2D eigenvalue weighted by Crippen LogP contribution is -2.27. The second-order valence-corrected chi connectivity index (χ2v) is 4.47. The number of benzene rings is 1. The van der Waals surface area contributed by atoms with E-state index < -0.39 is 0 Å². The highest BCUT2D eigenvalue weighted by Crippen LogP contribution is 2.17. The fraction of sp³-hybridized carbons (Fsp3) is 0.400. The van der Waals surface area contributed by atoms with Gasteiger partial charge in [-0.15, -0.1) is 0 Å². The van der Waals surface area contributed by atoms with E-state index in [-0.39, 0.29) is 5.91 Å². The molecule has 1 heterocycles. The van der Waals surface area contributed by atoms with Gasteiger partial charge < -0.3 is 15.0 Å². The maximum absolute atomic E-state index is 12.0. The molecule has 0 spiro atoms. The highest BCUT2D eigenvalue weighted by Gasteiger charge is 2.10. The van der Waals surface area contributed by atoms with Crippen LogP contribution in [-0.4, -0.2) is 30.6 Å². The number of hydrogen-bond acceptors (Lipinski definition) is 2. The average Bonchev–Trinajstić information content (AvgIpc) is 2.86. The molecule has 0 saturated carbocycles. The lowest BCUT2D eigenvalue weighted by atomic mass is 10.1. The van der Waals surface area contributed by atoms with Crippen LogP contribution in [0.15, 0.2) is 30.5 Å². The first-order valence-electron chi connectivity index (χ1n) is 6.75. The number of unbranched alkanes of at least 4 members (excludes halogenated alkanes) is 1. The van der Waals surface area contributed by atoms with Crippen molar-refractivity contribution in [2.45, 2.75) is 19.8 Å². The van der Waals surface area contributed by atoms with E-state index in [4.69, 9.17) is 4.74 Å². The average molecular weight is 260 g/mol. The molecule has 0 saturated heterocycles. The molecule has 102 valence electrons. The quantitative estimate of drug-likeness (QED) is 0.752. The molecule has 1 aromatic carbocycles. The van der Waals surface area contributed by atoms with Crippen LogP contribution in [0.25, 0.3) is 10.9 Å². The van der Waals surface area contributed by atoms with E-state index in [1.807, 2.05) is 24.3 Å². The summed E-state index contributed by atoms with van der Waals surface area (Å²) in [5, 5.41) is 3.82. The summed E-state index contributed by atoms with van der Waals surface area (Å²) in [6.07, 6.45) is 3.94. The number of aromatic amines is 1. The first kappa shape index (κ1) is 13.6. The standard InChI is InChI=1S/C15H20N2O2/c1-2-3-9-19-10-8-16-15(18)13-11-17-14-7-5-4-6-12(13)14/h4-7,11,17H,2-3,8-10H2,1H3,(H,16,18). The maximum Gasteiger partial charge on any atom is 0.253 e. The minimum absolute atomic E-state index is 0.0588. The molecular weight excluding hydrogens is 240 g/mol. The van der Waals surface area contributed by atoms with Crippen LogP contribution < -0.4 is 5.32 Å².